The second-order valence-electron chi connectivity index (χ2n) is 5.24. The molecule has 1 unspecified atom stereocenters. The van der Waals surface area contributed by atoms with Crippen LogP contribution in [0.5, 0.6) is 0 Å². The summed E-state index contributed by atoms with van der Waals surface area (Å²) in [6, 6.07) is 5.39. The molecule has 0 bridgehead atoms. The molecule has 4 nitrogen and oxygen atoms in total. The van der Waals surface area contributed by atoms with E-state index in [0.29, 0.717) is 18.8 Å². The first-order valence-corrected chi connectivity index (χ1v) is 6.91. The lowest BCUT2D eigenvalue weighted by molar-refractivity contribution is -0.0241. The highest BCUT2D eigenvalue weighted by Gasteiger charge is 2.34. The predicted octanol–water partition coefficient (Wildman–Crippen LogP) is 3.64. The number of nitrogens with zero attached hydrogens (tertiary/aromatic N) is 2. The molecule has 1 atom stereocenters. The van der Waals surface area contributed by atoms with E-state index in [1.54, 1.807) is 18.3 Å². The molecule has 0 aromatic carbocycles. The summed E-state index contributed by atoms with van der Waals surface area (Å²) in [5.74, 6) is -1.84. The number of aromatic nitrogens is 1. The third-order valence-corrected chi connectivity index (χ3v) is 3.43. The molecule has 1 aromatic heterocycles. The predicted molar refractivity (Wildman–Crippen MR) is 91.3 cm³/mol. The Morgan fingerprint density at radius 1 is 1.43 bits per heavy atom. The van der Waals surface area contributed by atoms with E-state index in [4.69, 9.17) is 5.73 Å². The van der Waals surface area contributed by atoms with Gasteiger partial charge in [-0.1, -0.05) is 12.5 Å². The molecule has 7 heteroatoms. The van der Waals surface area contributed by atoms with E-state index in [1.165, 1.54) is 0 Å². The average Bonchev–Trinajstić information content (AvgIpc) is 2.58. The van der Waals surface area contributed by atoms with Crippen LogP contribution in [0.1, 0.15) is 32.1 Å². The number of alkyl halides is 2. The van der Waals surface area contributed by atoms with Crippen molar-refractivity contribution in [2.75, 3.05) is 11.9 Å². The molecule has 1 saturated carbocycles. The number of rotatable bonds is 3. The Labute approximate surface area is 140 Å². The number of pyridine rings is 1. The molecule has 3 N–H and O–H groups in total. The minimum Gasteiger partial charge on any atom is -0.370 e. The van der Waals surface area contributed by atoms with Crippen molar-refractivity contribution in [1.82, 2.24) is 4.98 Å². The van der Waals surface area contributed by atoms with Crippen LogP contribution in [0, 0.1) is 5.92 Å². The molecule has 2 rings (SSSR count). The number of nitrogens with two attached hydrogens (primary N) is 1. The number of nitrogens with one attached hydrogen (secondary N) is 1. The molecule has 0 saturated heterocycles. The van der Waals surface area contributed by atoms with Crippen molar-refractivity contribution >= 4 is 35.8 Å². The maximum atomic E-state index is 13.5. The van der Waals surface area contributed by atoms with Crippen molar-refractivity contribution in [2.45, 2.75) is 38.0 Å². The number of halogens is 3. The Morgan fingerprint density at radius 3 is 2.95 bits per heavy atom. The summed E-state index contributed by atoms with van der Waals surface area (Å²) in [4.78, 5) is 8.22. The van der Waals surface area contributed by atoms with Crippen LogP contribution in [0.15, 0.2) is 29.4 Å². The third kappa shape index (κ3) is 6.54. The number of guanidine groups is 1. The van der Waals surface area contributed by atoms with Crippen LogP contribution in [0.25, 0.3) is 0 Å². The van der Waals surface area contributed by atoms with E-state index in [9.17, 15) is 8.78 Å². The van der Waals surface area contributed by atoms with E-state index in [2.05, 4.69) is 15.3 Å². The van der Waals surface area contributed by atoms with Crippen LogP contribution >= 0.6 is 24.0 Å². The van der Waals surface area contributed by atoms with Gasteiger partial charge in [0.15, 0.2) is 5.96 Å². The van der Waals surface area contributed by atoms with Gasteiger partial charge in [-0.25, -0.2) is 13.8 Å². The topological polar surface area (TPSA) is 63.3 Å². The van der Waals surface area contributed by atoms with Gasteiger partial charge in [-0.05, 0) is 30.9 Å². The van der Waals surface area contributed by atoms with E-state index in [1.807, 2.05) is 6.07 Å². The van der Waals surface area contributed by atoms with Gasteiger partial charge in [-0.15, -0.1) is 24.0 Å². The number of aliphatic imine (C=N–C) groups is 1. The summed E-state index contributed by atoms with van der Waals surface area (Å²) in [6.45, 7) is 0.335. The summed E-state index contributed by atoms with van der Waals surface area (Å²) in [5, 5.41) is 2.85. The lowest BCUT2D eigenvalue weighted by Gasteiger charge is -2.18. The van der Waals surface area contributed by atoms with Crippen molar-refractivity contribution in [2.24, 2.45) is 16.6 Å². The van der Waals surface area contributed by atoms with Gasteiger partial charge in [0.25, 0.3) is 0 Å². The van der Waals surface area contributed by atoms with Gasteiger partial charge < -0.3 is 11.1 Å². The Balaban J connectivity index is 0.00000220. The standard InChI is InChI=1S/C14H20F2N4.HI/c15-14(16)7-3-1-5-11(9-14)10-19-13(17)20-12-6-2-4-8-18-12;/h2,4,6,8,11H,1,3,5,7,9-10H2,(H3,17,18,19,20);1H. The fraction of sp³-hybridized carbons (Fsp3) is 0.571. The van der Waals surface area contributed by atoms with Gasteiger partial charge in [0.05, 0.1) is 0 Å². The molecule has 1 heterocycles. The van der Waals surface area contributed by atoms with E-state index >= 15 is 0 Å². The Morgan fingerprint density at radius 2 is 2.24 bits per heavy atom. The highest BCUT2D eigenvalue weighted by atomic mass is 127. The largest absolute Gasteiger partial charge is 0.370 e. The summed E-state index contributed by atoms with van der Waals surface area (Å²) >= 11 is 0. The quantitative estimate of drug-likeness (QED) is 0.346. The smallest absolute Gasteiger partial charge is 0.248 e. The van der Waals surface area contributed by atoms with Gasteiger partial charge in [0.2, 0.25) is 5.92 Å². The van der Waals surface area contributed by atoms with Crippen LogP contribution < -0.4 is 11.1 Å². The van der Waals surface area contributed by atoms with E-state index < -0.39 is 5.92 Å². The van der Waals surface area contributed by atoms with Crippen molar-refractivity contribution in [1.29, 1.82) is 0 Å². The molecule has 1 fully saturated rings. The molecule has 1 aromatic rings. The third-order valence-electron chi connectivity index (χ3n) is 3.43. The van der Waals surface area contributed by atoms with Crippen LogP contribution in [-0.4, -0.2) is 23.4 Å². The molecule has 118 valence electrons. The first-order chi connectivity index (χ1) is 9.55. The van der Waals surface area contributed by atoms with Crippen molar-refractivity contribution in [3.8, 4) is 0 Å². The Hall–Kier alpha value is -0.990. The minimum atomic E-state index is -2.56. The molecule has 21 heavy (non-hydrogen) atoms. The maximum Gasteiger partial charge on any atom is 0.248 e. The van der Waals surface area contributed by atoms with E-state index in [-0.39, 0.29) is 48.7 Å². The van der Waals surface area contributed by atoms with Gasteiger partial charge in [-0.3, -0.25) is 4.99 Å². The Kier molecular flexibility index (Phi) is 7.27. The molecule has 0 radical (unpaired) electrons. The fourth-order valence-electron chi connectivity index (χ4n) is 2.43. The van der Waals surface area contributed by atoms with E-state index in [0.717, 1.165) is 12.8 Å². The maximum absolute atomic E-state index is 13.5. The normalized spacial score (nSPS) is 22.0. The number of anilines is 1. The number of hydrogen-bond donors (Lipinski definition) is 2. The second-order valence-corrected chi connectivity index (χ2v) is 5.24. The summed E-state index contributed by atoms with van der Waals surface area (Å²) in [6.07, 6.45) is 3.76. The fourth-order valence-corrected chi connectivity index (χ4v) is 2.43. The summed E-state index contributed by atoms with van der Waals surface area (Å²) in [7, 11) is 0. The zero-order valence-corrected chi connectivity index (χ0v) is 14.1. The van der Waals surface area contributed by atoms with Crippen LogP contribution in [-0.2, 0) is 0 Å². The lowest BCUT2D eigenvalue weighted by atomic mass is 9.99. The first kappa shape index (κ1) is 18.1. The molecular formula is C14H21F2IN4. The zero-order chi connectivity index (χ0) is 14.4. The second kappa shape index (κ2) is 8.45. The molecule has 0 aliphatic heterocycles. The van der Waals surface area contributed by atoms with Gasteiger partial charge >= 0.3 is 0 Å². The van der Waals surface area contributed by atoms with Crippen molar-refractivity contribution < 1.29 is 8.78 Å². The monoisotopic (exact) mass is 410 g/mol. The Bertz CT molecular complexity index is 454. The van der Waals surface area contributed by atoms with Crippen LogP contribution in [0.4, 0.5) is 14.6 Å². The highest BCUT2D eigenvalue weighted by molar-refractivity contribution is 14.0. The molecule has 0 spiro atoms. The molecule has 1 aliphatic rings. The lowest BCUT2D eigenvalue weighted by Crippen LogP contribution is -2.25. The molecular weight excluding hydrogens is 389 g/mol. The van der Waals surface area contributed by atoms with Crippen LogP contribution in [0.3, 0.4) is 0 Å². The SMILES string of the molecule is I.NC(=NCC1CCCCC(F)(F)C1)Nc1ccccn1. The summed E-state index contributed by atoms with van der Waals surface area (Å²) in [5.41, 5.74) is 5.74. The zero-order valence-electron chi connectivity index (χ0n) is 11.8. The van der Waals surface area contributed by atoms with Gasteiger partial charge in [0.1, 0.15) is 5.82 Å². The van der Waals surface area contributed by atoms with Crippen molar-refractivity contribution in [3.05, 3.63) is 24.4 Å². The average molecular weight is 410 g/mol. The van der Waals surface area contributed by atoms with Crippen LogP contribution in [0.2, 0.25) is 0 Å². The van der Waals surface area contributed by atoms with Gasteiger partial charge in [-0.2, -0.15) is 0 Å². The number of hydrogen-bond acceptors (Lipinski definition) is 2. The van der Waals surface area contributed by atoms with Crippen molar-refractivity contribution in [3.63, 3.8) is 0 Å². The molecule has 0 amide bonds. The molecule has 1 aliphatic carbocycles. The summed E-state index contributed by atoms with van der Waals surface area (Å²) < 4.78 is 27.0. The first-order valence-electron chi connectivity index (χ1n) is 6.91. The minimum absolute atomic E-state index is 0. The highest BCUT2D eigenvalue weighted by Crippen LogP contribution is 2.35. The van der Waals surface area contributed by atoms with Gasteiger partial charge in [0, 0.05) is 25.6 Å².